The lowest BCUT2D eigenvalue weighted by atomic mass is 10.2. The second kappa shape index (κ2) is 5.61. The number of nitrogens with zero attached hydrogens (tertiary/aromatic N) is 2. The summed E-state index contributed by atoms with van der Waals surface area (Å²) in [5.41, 5.74) is 0.768. The average Bonchev–Trinajstić information content (AvgIpc) is 2.78. The minimum atomic E-state index is -1.06. The Hall–Kier alpha value is -1.22. The molecule has 18 heavy (non-hydrogen) atoms. The average molecular weight is 421 g/mol. The highest BCUT2D eigenvalue weighted by Gasteiger charge is 2.11. The van der Waals surface area contributed by atoms with Crippen molar-refractivity contribution in [1.82, 2.24) is 10.2 Å². The van der Waals surface area contributed by atoms with Gasteiger partial charge in [0, 0.05) is 20.2 Å². The van der Waals surface area contributed by atoms with Crippen molar-refractivity contribution >= 4 is 50.6 Å². The van der Waals surface area contributed by atoms with Gasteiger partial charge >= 0.3 is 5.97 Å². The molecule has 0 aliphatic heterocycles. The quantitative estimate of drug-likeness (QED) is 0.609. The van der Waals surface area contributed by atoms with E-state index >= 15 is 0 Å². The van der Waals surface area contributed by atoms with Gasteiger partial charge in [0.2, 0.25) is 11.8 Å². The Morgan fingerprint density at radius 3 is 2.94 bits per heavy atom. The van der Waals surface area contributed by atoms with Gasteiger partial charge in [-0.05, 0) is 56.7 Å². The molecule has 7 heteroatoms. The molecule has 0 aliphatic carbocycles. The maximum Gasteiger partial charge on any atom is 0.328 e. The number of hydrogen-bond donors (Lipinski definition) is 1. The summed E-state index contributed by atoms with van der Waals surface area (Å²) in [6.07, 6.45) is 2.20. The lowest BCUT2D eigenvalue weighted by Gasteiger charge is -1.99. The molecule has 0 radical (unpaired) electrons. The van der Waals surface area contributed by atoms with E-state index in [0.29, 0.717) is 5.89 Å². The van der Waals surface area contributed by atoms with Gasteiger partial charge in [-0.25, -0.2) is 4.79 Å². The first-order valence-electron chi connectivity index (χ1n) is 4.76. The summed E-state index contributed by atoms with van der Waals surface area (Å²) in [6, 6.07) is 5.71. The van der Waals surface area contributed by atoms with Crippen molar-refractivity contribution in [3.8, 4) is 11.5 Å². The molecule has 1 aromatic heterocycles. The maximum absolute atomic E-state index is 10.4. The molecule has 1 heterocycles. The van der Waals surface area contributed by atoms with Crippen molar-refractivity contribution in [2.24, 2.45) is 0 Å². The predicted octanol–water partition coefficient (Wildman–Crippen LogP) is 3.20. The molecule has 0 aliphatic rings. The molecule has 0 unspecified atom stereocenters. The molecule has 1 aromatic carbocycles. The van der Waals surface area contributed by atoms with Gasteiger partial charge in [0.25, 0.3) is 0 Å². The van der Waals surface area contributed by atoms with Gasteiger partial charge in [-0.3, -0.25) is 0 Å². The van der Waals surface area contributed by atoms with Crippen molar-refractivity contribution in [3.05, 3.63) is 38.2 Å². The molecular formula is C11H6BrIN2O3. The fourth-order valence-corrected chi connectivity index (χ4v) is 2.12. The minimum Gasteiger partial charge on any atom is -0.478 e. The molecule has 0 saturated carbocycles. The highest BCUT2D eigenvalue weighted by molar-refractivity contribution is 14.1. The first-order valence-corrected chi connectivity index (χ1v) is 6.63. The van der Waals surface area contributed by atoms with Crippen LogP contribution in [0.5, 0.6) is 0 Å². The monoisotopic (exact) mass is 420 g/mol. The third-order valence-electron chi connectivity index (χ3n) is 1.97. The van der Waals surface area contributed by atoms with E-state index in [1.807, 2.05) is 18.2 Å². The van der Waals surface area contributed by atoms with Gasteiger partial charge in [-0.1, -0.05) is 0 Å². The number of halogens is 2. The van der Waals surface area contributed by atoms with Crippen LogP contribution in [-0.4, -0.2) is 21.3 Å². The van der Waals surface area contributed by atoms with E-state index in [9.17, 15) is 4.79 Å². The third-order valence-corrected chi connectivity index (χ3v) is 3.33. The zero-order chi connectivity index (χ0) is 13.1. The number of hydrogen-bond acceptors (Lipinski definition) is 4. The van der Waals surface area contributed by atoms with Crippen molar-refractivity contribution in [2.75, 3.05) is 0 Å². The highest BCUT2D eigenvalue weighted by Crippen LogP contribution is 2.28. The van der Waals surface area contributed by atoms with Gasteiger partial charge in [-0.15, -0.1) is 10.2 Å². The second-order valence-corrected chi connectivity index (χ2v) is 5.34. The number of carboxylic acid groups (broad SMARTS) is 1. The van der Waals surface area contributed by atoms with E-state index in [1.54, 1.807) is 0 Å². The van der Waals surface area contributed by atoms with E-state index in [0.717, 1.165) is 19.7 Å². The Kier molecular flexibility index (Phi) is 4.12. The Morgan fingerprint density at radius 2 is 2.22 bits per heavy atom. The van der Waals surface area contributed by atoms with Gasteiger partial charge < -0.3 is 9.52 Å². The van der Waals surface area contributed by atoms with Gasteiger partial charge in [0.15, 0.2) is 0 Å². The summed E-state index contributed by atoms with van der Waals surface area (Å²) in [6.45, 7) is 0. The normalized spacial score (nSPS) is 11.0. The lowest BCUT2D eigenvalue weighted by Crippen LogP contribution is -1.85. The molecule has 92 valence electrons. The van der Waals surface area contributed by atoms with Gasteiger partial charge in [0.1, 0.15) is 0 Å². The summed E-state index contributed by atoms with van der Waals surface area (Å²) < 4.78 is 7.22. The lowest BCUT2D eigenvalue weighted by molar-refractivity contribution is -0.131. The van der Waals surface area contributed by atoms with Crippen LogP contribution in [0.25, 0.3) is 17.5 Å². The van der Waals surface area contributed by atoms with Crippen LogP contribution in [0.3, 0.4) is 0 Å². The zero-order valence-corrected chi connectivity index (χ0v) is 12.5. The van der Waals surface area contributed by atoms with Crippen LogP contribution in [0.1, 0.15) is 5.89 Å². The number of aliphatic carboxylic acids is 1. The zero-order valence-electron chi connectivity index (χ0n) is 8.80. The molecule has 5 nitrogen and oxygen atoms in total. The second-order valence-electron chi connectivity index (χ2n) is 3.24. The maximum atomic E-state index is 10.4. The Morgan fingerprint density at radius 1 is 1.44 bits per heavy atom. The number of benzene rings is 1. The molecule has 0 atom stereocenters. The van der Waals surface area contributed by atoms with Crippen LogP contribution in [0.2, 0.25) is 0 Å². The van der Waals surface area contributed by atoms with Crippen LogP contribution in [0, 0.1) is 3.57 Å². The molecule has 0 fully saturated rings. The first kappa shape index (κ1) is 13.2. The summed E-state index contributed by atoms with van der Waals surface area (Å²) in [5.74, 6) is -0.575. The standard InChI is InChI=1S/C11H6BrIN2O3/c12-8-2-1-6(13)5-7(8)11-15-14-9(18-11)3-4-10(16)17/h1-5H,(H,16,17)/b4-3+. The molecule has 2 aromatic rings. The van der Waals surface area contributed by atoms with E-state index in [-0.39, 0.29) is 5.89 Å². The SMILES string of the molecule is O=C(O)/C=C/c1nnc(-c2cc(I)ccc2Br)o1. The van der Waals surface area contributed by atoms with Crippen molar-refractivity contribution in [1.29, 1.82) is 0 Å². The fourth-order valence-electron chi connectivity index (χ4n) is 1.21. The van der Waals surface area contributed by atoms with E-state index in [4.69, 9.17) is 9.52 Å². The molecule has 0 bridgehead atoms. The molecule has 2 rings (SSSR count). The van der Waals surface area contributed by atoms with E-state index in [1.165, 1.54) is 6.08 Å². The summed E-state index contributed by atoms with van der Waals surface area (Å²) in [7, 11) is 0. The molecule has 0 saturated heterocycles. The van der Waals surface area contributed by atoms with Crippen LogP contribution < -0.4 is 0 Å². The Bertz CT molecular complexity index is 625. The summed E-state index contributed by atoms with van der Waals surface area (Å²) in [5, 5.41) is 16.1. The third kappa shape index (κ3) is 3.16. The van der Waals surface area contributed by atoms with E-state index < -0.39 is 5.97 Å². The van der Waals surface area contributed by atoms with Crippen molar-refractivity contribution < 1.29 is 14.3 Å². The minimum absolute atomic E-state index is 0.151. The largest absolute Gasteiger partial charge is 0.478 e. The van der Waals surface area contributed by atoms with Crippen LogP contribution in [-0.2, 0) is 4.79 Å². The Labute approximate surface area is 124 Å². The van der Waals surface area contributed by atoms with Crippen LogP contribution in [0.15, 0.2) is 33.2 Å². The van der Waals surface area contributed by atoms with Gasteiger partial charge in [-0.2, -0.15) is 0 Å². The van der Waals surface area contributed by atoms with Crippen LogP contribution in [0.4, 0.5) is 0 Å². The molecule has 1 N–H and O–H groups in total. The number of aromatic nitrogens is 2. The van der Waals surface area contributed by atoms with Crippen molar-refractivity contribution in [2.45, 2.75) is 0 Å². The molecular weight excluding hydrogens is 415 g/mol. The summed E-state index contributed by atoms with van der Waals surface area (Å²) >= 11 is 5.57. The highest BCUT2D eigenvalue weighted by atomic mass is 127. The number of carbonyl (C=O) groups is 1. The van der Waals surface area contributed by atoms with Gasteiger partial charge in [0.05, 0.1) is 5.56 Å². The fraction of sp³-hybridized carbons (Fsp3) is 0. The molecule has 0 spiro atoms. The smallest absolute Gasteiger partial charge is 0.328 e. The van der Waals surface area contributed by atoms with Crippen molar-refractivity contribution in [3.63, 3.8) is 0 Å². The van der Waals surface area contributed by atoms with Crippen LogP contribution >= 0.6 is 38.5 Å². The summed E-state index contributed by atoms with van der Waals surface area (Å²) in [4.78, 5) is 10.4. The first-order chi connectivity index (χ1) is 8.56. The van der Waals surface area contributed by atoms with E-state index in [2.05, 4.69) is 48.7 Å². The molecule has 0 amide bonds. The predicted molar refractivity (Wildman–Crippen MR) is 76.8 cm³/mol. The Balaban J connectivity index is 2.35. The topological polar surface area (TPSA) is 76.2 Å². The number of carboxylic acids is 1. The number of rotatable bonds is 3.